The lowest BCUT2D eigenvalue weighted by atomic mass is 10.1. The molecule has 2 aromatic rings. The fraction of sp³-hybridized carbons (Fsp3) is 0.333. The number of hydrogen-bond acceptors (Lipinski definition) is 4. The molecule has 2 rings (SSSR count). The van der Waals surface area contributed by atoms with Crippen LogP contribution in [0, 0.1) is 0 Å². The van der Waals surface area contributed by atoms with E-state index in [1.165, 1.54) is 0 Å². The van der Waals surface area contributed by atoms with Crippen molar-refractivity contribution in [2.24, 2.45) is 0 Å². The summed E-state index contributed by atoms with van der Waals surface area (Å²) in [5.74, 6) is 2.25. The van der Waals surface area contributed by atoms with Gasteiger partial charge in [-0.3, -0.25) is 5.10 Å². The van der Waals surface area contributed by atoms with E-state index in [9.17, 15) is 0 Å². The molecule has 18 heavy (non-hydrogen) atoms. The van der Waals surface area contributed by atoms with Crippen molar-refractivity contribution in [1.29, 1.82) is 0 Å². The van der Waals surface area contributed by atoms with Crippen LogP contribution < -0.4 is 10.5 Å². The summed E-state index contributed by atoms with van der Waals surface area (Å²) in [6.45, 7) is 4.08. The molecule has 1 aromatic carbocycles. The van der Waals surface area contributed by atoms with E-state index >= 15 is 0 Å². The Balaban J connectivity index is 2.51. The number of nitrogen functional groups attached to an aromatic ring is 1. The minimum absolute atomic E-state index is 0.279. The summed E-state index contributed by atoms with van der Waals surface area (Å²) >= 11 is 6.02. The lowest BCUT2D eigenvalue weighted by Crippen LogP contribution is -1.94. The first-order chi connectivity index (χ1) is 8.52. The number of methoxy groups -OCH3 is 1. The Hall–Kier alpha value is -1.75. The smallest absolute Gasteiger partial charge is 0.184 e. The van der Waals surface area contributed by atoms with Crippen molar-refractivity contribution >= 4 is 17.3 Å². The van der Waals surface area contributed by atoms with Crippen molar-refractivity contribution in [1.82, 2.24) is 15.2 Å². The second kappa shape index (κ2) is 4.86. The molecule has 3 N–H and O–H groups in total. The molecule has 1 aromatic heterocycles. The second-order valence-electron chi connectivity index (χ2n) is 4.27. The standard InChI is InChI=1S/C12H15ClN4O/c1-6(2)11-15-12(17-16-11)7-4-8(13)9(14)5-10(7)18-3/h4-6H,14H2,1-3H3,(H,15,16,17). The highest BCUT2D eigenvalue weighted by molar-refractivity contribution is 6.33. The topological polar surface area (TPSA) is 76.8 Å². The van der Waals surface area contributed by atoms with Crippen LogP contribution in [0.15, 0.2) is 12.1 Å². The van der Waals surface area contributed by atoms with Gasteiger partial charge in [-0.2, -0.15) is 5.10 Å². The Kier molecular flexibility index (Phi) is 3.43. The number of ether oxygens (including phenoxy) is 1. The molecule has 0 aliphatic rings. The molecule has 5 nitrogen and oxygen atoms in total. The number of nitrogens with two attached hydrogens (primary N) is 1. The number of rotatable bonds is 3. The third-order valence-corrected chi connectivity index (χ3v) is 2.94. The van der Waals surface area contributed by atoms with Crippen molar-refractivity contribution in [3.63, 3.8) is 0 Å². The fourth-order valence-corrected chi connectivity index (χ4v) is 1.73. The molecule has 0 aliphatic carbocycles. The molecule has 6 heteroatoms. The van der Waals surface area contributed by atoms with Gasteiger partial charge in [0.1, 0.15) is 11.6 Å². The molecule has 0 spiro atoms. The van der Waals surface area contributed by atoms with Gasteiger partial charge in [0.15, 0.2) is 5.82 Å². The van der Waals surface area contributed by atoms with E-state index in [4.69, 9.17) is 22.1 Å². The van der Waals surface area contributed by atoms with E-state index in [0.29, 0.717) is 22.3 Å². The summed E-state index contributed by atoms with van der Waals surface area (Å²) in [5.41, 5.74) is 6.93. The maximum Gasteiger partial charge on any atom is 0.184 e. The Morgan fingerprint density at radius 2 is 2.11 bits per heavy atom. The van der Waals surface area contributed by atoms with E-state index in [1.807, 2.05) is 13.8 Å². The molecule has 0 bridgehead atoms. The summed E-state index contributed by atoms with van der Waals surface area (Å²) in [5, 5.41) is 7.53. The van der Waals surface area contributed by atoms with Crippen LogP contribution >= 0.6 is 11.6 Å². The minimum Gasteiger partial charge on any atom is -0.496 e. The lowest BCUT2D eigenvalue weighted by Gasteiger charge is -2.08. The summed E-state index contributed by atoms with van der Waals surface area (Å²) in [6, 6.07) is 3.38. The van der Waals surface area contributed by atoms with Gasteiger partial charge in [-0.15, -0.1) is 0 Å². The third-order valence-electron chi connectivity index (χ3n) is 2.61. The molecule has 0 saturated heterocycles. The van der Waals surface area contributed by atoms with Crippen LogP contribution in [0.2, 0.25) is 5.02 Å². The third kappa shape index (κ3) is 2.26. The molecule has 96 valence electrons. The van der Waals surface area contributed by atoms with Gasteiger partial charge >= 0.3 is 0 Å². The minimum atomic E-state index is 0.279. The number of halogens is 1. The number of aromatic nitrogens is 3. The largest absolute Gasteiger partial charge is 0.496 e. The molecule has 0 unspecified atom stereocenters. The number of aromatic amines is 1. The van der Waals surface area contributed by atoms with E-state index in [2.05, 4.69) is 15.2 Å². The first kappa shape index (κ1) is 12.7. The monoisotopic (exact) mass is 266 g/mol. The van der Waals surface area contributed by atoms with Crippen molar-refractivity contribution in [3.8, 4) is 17.1 Å². The average Bonchev–Trinajstić information content (AvgIpc) is 2.81. The van der Waals surface area contributed by atoms with Crippen molar-refractivity contribution in [2.75, 3.05) is 12.8 Å². The number of anilines is 1. The van der Waals surface area contributed by atoms with E-state index in [-0.39, 0.29) is 5.92 Å². The summed E-state index contributed by atoms with van der Waals surface area (Å²) in [7, 11) is 1.57. The molecule has 0 aliphatic heterocycles. The Morgan fingerprint density at radius 3 is 2.67 bits per heavy atom. The van der Waals surface area contributed by atoms with Gasteiger partial charge in [-0.25, -0.2) is 4.98 Å². The van der Waals surface area contributed by atoms with Gasteiger partial charge in [-0.05, 0) is 6.07 Å². The quantitative estimate of drug-likeness (QED) is 0.838. The first-order valence-corrected chi connectivity index (χ1v) is 5.96. The van der Waals surface area contributed by atoms with Gasteiger partial charge in [0.2, 0.25) is 0 Å². The second-order valence-corrected chi connectivity index (χ2v) is 4.68. The van der Waals surface area contributed by atoms with E-state index in [0.717, 1.165) is 11.4 Å². The van der Waals surface area contributed by atoms with E-state index < -0.39 is 0 Å². The molecular formula is C12H15ClN4O. The number of hydrogen-bond donors (Lipinski definition) is 2. The lowest BCUT2D eigenvalue weighted by molar-refractivity contribution is 0.416. The van der Waals surface area contributed by atoms with Crippen LogP contribution in [0.3, 0.4) is 0 Å². The van der Waals surface area contributed by atoms with Crippen LogP contribution in [0.1, 0.15) is 25.6 Å². The van der Waals surface area contributed by atoms with Gasteiger partial charge in [0.25, 0.3) is 0 Å². The predicted molar refractivity (Wildman–Crippen MR) is 71.9 cm³/mol. The Morgan fingerprint density at radius 1 is 1.39 bits per heavy atom. The molecule has 0 amide bonds. The number of H-pyrrole nitrogens is 1. The zero-order valence-corrected chi connectivity index (χ0v) is 11.2. The highest BCUT2D eigenvalue weighted by Crippen LogP contribution is 2.34. The van der Waals surface area contributed by atoms with Crippen LogP contribution in [0.25, 0.3) is 11.4 Å². The maximum atomic E-state index is 6.02. The summed E-state index contributed by atoms with van der Waals surface area (Å²) < 4.78 is 5.27. The average molecular weight is 267 g/mol. The van der Waals surface area contributed by atoms with Gasteiger partial charge in [-0.1, -0.05) is 25.4 Å². The molecule has 0 radical (unpaired) electrons. The Labute approximate surface area is 110 Å². The molecule has 1 heterocycles. The van der Waals surface area contributed by atoms with Crippen LogP contribution in [-0.4, -0.2) is 22.3 Å². The van der Waals surface area contributed by atoms with Crippen LogP contribution in [0.5, 0.6) is 5.75 Å². The number of nitrogens with one attached hydrogen (secondary N) is 1. The van der Waals surface area contributed by atoms with Gasteiger partial charge in [0, 0.05) is 12.0 Å². The summed E-state index contributed by atoms with van der Waals surface area (Å²) in [6.07, 6.45) is 0. The molecule has 0 saturated carbocycles. The highest BCUT2D eigenvalue weighted by atomic mass is 35.5. The number of benzene rings is 1. The number of nitrogens with zero attached hydrogens (tertiary/aromatic N) is 2. The molecule has 0 atom stereocenters. The van der Waals surface area contributed by atoms with Crippen LogP contribution in [0.4, 0.5) is 5.69 Å². The predicted octanol–water partition coefficient (Wildman–Crippen LogP) is 2.84. The molecule has 0 fully saturated rings. The first-order valence-electron chi connectivity index (χ1n) is 5.58. The van der Waals surface area contributed by atoms with Gasteiger partial charge < -0.3 is 10.5 Å². The van der Waals surface area contributed by atoms with Crippen molar-refractivity contribution < 1.29 is 4.74 Å². The SMILES string of the molecule is COc1cc(N)c(Cl)cc1-c1n[nH]c(C(C)C)n1. The van der Waals surface area contributed by atoms with Crippen LogP contribution in [-0.2, 0) is 0 Å². The molecular weight excluding hydrogens is 252 g/mol. The van der Waals surface area contributed by atoms with Crippen molar-refractivity contribution in [2.45, 2.75) is 19.8 Å². The zero-order chi connectivity index (χ0) is 13.3. The van der Waals surface area contributed by atoms with Crippen molar-refractivity contribution in [3.05, 3.63) is 23.0 Å². The van der Waals surface area contributed by atoms with Gasteiger partial charge in [0.05, 0.1) is 23.4 Å². The Bertz CT molecular complexity index is 565. The van der Waals surface area contributed by atoms with E-state index in [1.54, 1.807) is 19.2 Å². The maximum absolute atomic E-state index is 6.02. The highest BCUT2D eigenvalue weighted by Gasteiger charge is 2.15. The zero-order valence-electron chi connectivity index (χ0n) is 10.5. The normalized spacial score (nSPS) is 10.9. The summed E-state index contributed by atoms with van der Waals surface area (Å²) in [4.78, 5) is 4.41. The fourth-order valence-electron chi connectivity index (χ4n) is 1.57.